The van der Waals surface area contributed by atoms with E-state index >= 15 is 0 Å². The Morgan fingerprint density at radius 1 is 0.895 bits per heavy atom. The van der Waals surface area contributed by atoms with Crippen LogP contribution in [0.5, 0.6) is 0 Å². The van der Waals surface area contributed by atoms with Crippen LogP contribution in [0, 0.1) is 5.82 Å². The van der Waals surface area contributed by atoms with E-state index in [1.165, 1.54) is 10.6 Å². The number of hydrogen-bond acceptors (Lipinski definition) is 5. The molecule has 0 spiro atoms. The summed E-state index contributed by atoms with van der Waals surface area (Å²) in [7, 11) is 0. The Morgan fingerprint density at radius 2 is 1.61 bits per heavy atom. The molecule has 4 aromatic rings. The molecule has 3 heterocycles. The van der Waals surface area contributed by atoms with E-state index in [9.17, 15) is 18.8 Å². The Morgan fingerprint density at radius 3 is 2.39 bits per heavy atom. The van der Waals surface area contributed by atoms with Gasteiger partial charge in [-0.05, 0) is 72.9 Å². The van der Waals surface area contributed by atoms with E-state index in [1.807, 2.05) is 54.2 Å². The lowest BCUT2D eigenvalue weighted by molar-refractivity contribution is 0.0923. The standard InChI is InChI=1S/C29H29FN4O3S/c30-19-16-25-26(31-17-19)33(22-12-14-38-15-13-22)29(37)34(28(25)36)21-10-8-20(9-11-21)32-27(35)24-7-3-5-18-4-1-2-6-23(18)24/h1-7,16-17,20-22H,8-15H2,(H,32,35)/t20-,21+. The molecule has 196 valence electrons. The van der Waals surface area contributed by atoms with Crippen LogP contribution >= 0.6 is 11.8 Å². The van der Waals surface area contributed by atoms with Crippen LogP contribution in [-0.4, -0.2) is 37.6 Å². The molecule has 2 aliphatic rings. The molecule has 0 bridgehead atoms. The van der Waals surface area contributed by atoms with E-state index in [0.29, 0.717) is 31.2 Å². The minimum Gasteiger partial charge on any atom is -0.349 e. The Hall–Kier alpha value is -3.46. The zero-order valence-corrected chi connectivity index (χ0v) is 21.8. The number of halogens is 1. The van der Waals surface area contributed by atoms with Gasteiger partial charge in [0.1, 0.15) is 11.5 Å². The molecule has 1 aliphatic heterocycles. The molecule has 1 saturated heterocycles. The number of rotatable bonds is 4. The fourth-order valence-electron chi connectivity index (χ4n) is 5.96. The number of amides is 1. The van der Waals surface area contributed by atoms with Gasteiger partial charge in [0.25, 0.3) is 11.5 Å². The Kier molecular flexibility index (Phi) is 6.78. The van der Waals surface area contributed by atoms with Crippen LogP contribution < -0.4 is 16.6 Å². The topological polar surface area (TPSA) is 86.0 Å². The van der Waals surface area contributed by atoms with Gasteiger partial charge in [-0.3, -0.25) is 18.7 Å². The number of carbonyl (C=O) groups is 1. The lowest BCUT2D eigenvalue weighted by Gasteiger charge is -2.31. The second-order valence-corrected chi connectivity index (χ2v) is 11.4. The first kappa shape index (κ1) is 24.9. The minimum atomic E-state index is -0.592. The minimum absolute atomic E-state index is 0.0504. The smallest absolute Gasteiger partial charge is 0.333 e. The molecule has 38 heavy (non-hydrogen) atoms. The van der Waals surface area contributed by atoms with Crippen LogP contribution in [0.4, 0.5) is 4.39 Å². The lowest BCUT2D eigenvalue weighted by Crippen LogP contribution is -2.46. The zero-order valence-electron chi connectivity index (χ0n) is 20.9. The van der Waals surface area contributed by atoms with E-state index in [1.54, 1.807) is 4.57 Å². The summed E-state index contributed by atoms with van der Waals surface area (Å²) in [5, 5.41) is 5.23. The number of aromatic nitrogens is 3. The summed E-state index contributed by atoms with van der Waals surface area (Å²) in [6.45, 7) is 0. The van der Waals surface area contributed by atoms with Crippen molar-refractivity contribution < 1.29 is 9.18 Å². The predicted octanol–water partition coefficient (Wildman–Crippen LogP) is 4.83. The van der Waals surface area contributed by atoms with E-state index < -0.39 is 11.4 Å². The summed E-state index contributed by atoms with van der Waals surface area (Å²) < 4.78 is 17.1. The van der Waals surface area contributed by atoms with Crippen molar-refractivity contribution in [3.63, 3.8) is 0 Å². The molecule has 1 aliphatic carbocycles. The number of carbonyl (C=O) groups excluding carboxylic acids is 1. The van der Waals surface area contributed by atoms with Crippen molar-refractivity contribution in [3.05, 3.63) is 86.9 Å². The maximum absolute atomic E-state index is 14.1. The second kappa shape index (κ2) is 10.4. The molecule has 0 atom stereocenters. The quantitative estimate of drug-likeness (QED) is 0.407. The maximum atomic E-state index is 14.1. The molecule has 2 fully saturated rings. The first-order valence-corrected chi connectivity index (χ1v) is 14.4. The molecule has 6 rings (SSSR count). The van der Waals surface area contributed by atoms with Crippen molar-refractivity contribution in [3.8, 4) is 0 Å². The summed E-state index contributed by atoms with van der Waals surface area (Å²) in [5.41, 5.74) is 0.0630. The largest absolute Gasteiger partial charge is 0.349 e. The molecule has 1 saturated carbocycles. The molecule has 1 N–H and O–H groups in total. The van der Waals surface area contributed by atoms with Crippen molar-refractivity contribution >= 4 is 39.5 Å². The highest BCUT2D eigenvalue weighted by molar-refractivity contribution is 7.99. The predicted molar refractivity (Wildman–Crippen MR) is 149 cm³/mol. The third kappa shape index (κ3) is 4.53. The van der Waals surface area contributed by atoms with Crippen molar-refractivity contribution in [2.24, 2.45) is 0 Å². The Bertz CT molecular complexity index is 1630. The summed E-state index contributed by atoms with van der Waals surface area (Å²) in [4.78, 5) is 44.5. The van der Waals surface area contributed by atoms with Gasteiger partial charge in [0.2, 0.25) is 0 Å². The Balaban J connectivity index is 1.26. The lowest BCUT2D eigenvalue weighted by atomic mass is 9.90. The number of fused-ring (bicyclic) bond motifs is 2. The second-order valence-electron chi connectivity index (χ2n) is 10.2. The number of pyridine rings is 1. The van der Waals surface area contributed by atoms with Gasteiger partial charge in [-0.1, -0.05) is 36.4 Å². The molecule has 9 heteroatoms. The highest BCUT2D eigenvalue weighted by atomic mass is 32.2. The third-order valence-corrected chi connectivity index (χ3v) is 8.96. The highest BCUT2D eigenvalue weighted by Crippen LogP contribution is 2.30. The monoisotopic (exact) mass is 532 g/mol. The molecule has 2 aromatic heterocycles. The van der Waals surface area contributed by atoms with Gasteiger partial charge in [0.15, 0.2) is 0 Å². The van der Waals surface area contributed by atoms with Crippen LogP contribution in [0.2, 0.25) is 0 Å². The van der Waals surface area contributed by atoms with Crippen molar-refractivity contribution in [2.45, 2.75) is 56.7 Å². The van der Waals surface area contributed by atoms with E-state index in [2.05, 4.69) is 10.3 Å². The van der Waals surface area contributed by atoms with Gasteiger partial charge in [-0.15, -0.1) is 0 Å². The van der Waals surface area contributed by atoms with Gasteiger partial charge in [-0.25, -0.2) is 14.2 Å². The van der Waals surface area contributed by atoms with Crippen LogP contribution in [-0.2, 0) is 0 Å². The average Bonchev–Trinajstić information content (AvgIpc) is 2.94. The van der Waals surface area contributed by atoms with Gasteiger partial charge >= 0.3 is 5.69 Å². The fraction of sp³-hybridized carbons (Fsp3) is 0.379. The van der Waals surface area contributed by atoms with Crippen molar-refractivity contribution in [1.82, 2.24) is 19.4 Å². The summed E-state index contributed by atoms with van der Waals surface area (Å²) >= 11 is 1.85. The fourth-order valence-corrected chi connectivity index (χ4v) is 7.05. The third-order valence-electron chi connectivity index (χ3n) is 7.91. The average molecular weight is 533 g/mol. The number of nitrogens with one attached hydrogen (secondary N) is 1. The van der Waals surface area contributed by atoms with Crippen LogP contribution in [0.3, 0.4) is 0 Å². The summed E-state index contributed by atoms with van der Waals surface area (Å²) in [6.07, 6.45) is 5.13. The van der Waals surface area contributed by atoms with Gasteiger partial charge in [-0.2, -0.15) is 11.8 Å². The number of thioether (sulfide) groups is 1. The summed E-state index contributed by atoms with van der Waals surface area (Å²) in [5.74, 6) is 1.15. The number of benzene rings is 2. The van der Waals surface area contributed by atoms with E-state index in [0.717, 1.165) is 41.3 Å². The van der Waals surface area contributed by atoms with Gasteiger partial charge < -0.3 is 5.32 Å². The normalized spacial score (nSPS) is 20.6. The highest BCUT2D eigenvalue weighted by Gasteiger charge is 2.30. The Labute approximate surface area is 223 Å². The number of hydrogen-bond donors (Lipinski definition) is 1. The van der Waals surface area contributed by atoms with E-state index in [-0.39, 0.29) is 40.8 Å². The maximum Gasteiger partial charge on any atom is 0.333 e. The van der Waals surface area contributed by atoms with E-state index in [4.69, 9.17) is 0 Å². The molecule has 7 nitrogen and oxygen atoms in total. The molecular weight excluding hydrogens is 503 g/mol. The molecule has 1 amide bonds. The molecular formula is C29H29FN4O3S. The van der Waals surface area contributed by atoms with Crippen LogP contribution in [0.15, 0.2) is 64.3 Å². The first-order valence-electron chi connectivity index (χ1n) is 13.2. The first-order chi connectivity index (χ1) is 18.5. The van der Waals surface area contributed by atoms with Crippen molar-refractivity contribution in [2.75, 3.05) is 11.5 Å². The van der Waals surface area contributed by atoms with Gasteiger partial charge in [0.05, 0.1) is 11.6 Å². The van der Waals surface area contributed by atoms with Crippen LogP contribution in [0.25, 0.3) is 21.8 Å². The molecule has 2 aromatic carbocycles. The van der Waals surface area contributed by atoms with Crippen molar-refractivity contribution in [1.29, 1.82) is 0 Å². The number of nitrogens with zero attached hydrogens (tertiary/aromatic N) is 3. The molecule has 0 radical (unpaired) electrons. The van der Waals surface area contributed by atoms with Crippen LogP contribution in [0.1, 0.15) is 61.0 Å². The SMILES string of the molecule is O=C(N[C@H]1CC[C@@H](n2c(=O)c3cc(F)cnc3n(C3CCSCC3)c2=O)CC1)c1cccc2ccccc12. The zero-order chi connectivity index (χ0) is 26.2. The summed E-state index contributed by atoms with van der Waals surface area (Å²) in [6, 6.07) is 14.3. The van der Waals surface area contributed by atoms with Gasteiger partial charge in [0, 0.05) is 23.7 Å². The molecule has 0 unspecified atom stereocenters.